The second-order valence-electron chi connectivity index (χ2n) is 8.03. The van der Waals surface area contributed by atoms with E-state index in [0.29, 0.717) is 18.1 Å². The van der Waals surface area contributed by atoms with Crippen LogP contribution >= 0.6 is 11.6 Å². The van der Waals surface area contributed by atoms with Gasteiger partial charge in [0.2, 0.25) is 0 Å². The second-order valence-corrected chi connectivity index (χ2v) is 10.7. The Morgan fingerprint density at radius 1 is 1.16 bits per heavy atom. The van der Waals surface area contributed by atoms with E-state index in [2.05, 4.69) is 14.9 Å². The van der Waals surface area contributed by atoms with Crippen molar-refractivity contribution in [1.82, 2.24) is 14.9 Å². The number of amides is 1. The van der Waals surface area contributed by atoms with Gasteiger partial charge in [-0.1, -0.05) is 11.6 Å². The SMILES string of the molecule is CS(=O)(=O)C1C=C(F)C(O[C@H]2CCN(C3CCN(c4cnc(Cl)cn4)CC3)C2=O)=CC1. The second kappa shape index (κ2) is 8.74. The first kappa shape index (κ1) is 22.0. The molecule has 8 nitrogen and oxygen atoms in total. The summed E-state index contributed by atoms with van der Waals surface area (Å²) in [5.74, 6) is -0.166. The average molecular weight is 471 g/mol. The number of carbonyl (C=O) groups is 1. The van der Waals surface area contributed by atoms with E-state index in [4.69, 9.17) is 16.3 Å². The number of hydrogen-bond acceptors (Lipinski definition) is 7. The number of likely N-dealkylation sites (tertiary alicyclic amines) is 1. The van der Waals surface area contributed by atoms with Gasteiger partial charge in [0.15, 0.2) is 27.5 Å². The van der Waals surface area contributed by atoms with E-state index >= 15 is 0 Å². The molecule has 3 heterocycles. The van der Waals surface area contributed by atoms with Crippen molar-refractivity contribution in [2.75, 3.05) is 30.8 Å². The molecule has 0 radical (unpaired) electrons. The van der Waals surface area contributed by atoms with Crippen LogP contribution in [0.5, 0.6) is 0 Å². The minimum atomic E-state index is -3.38. The molecule has 2 atom stereocenters. The van der Waals surface area contributed by atoms with Gasteiger partial charge in [0, 0.05) is 38.4 Å². The van der Waals surface area contributed by atoms with Gasteiger partial charge in [-0.3, -0.25) is 4.79 Å². The Hall–Kier alpha value is -2.20. The maximum Gasteiger partial charge on any atom is 0.263 e. The average Bonchev–Trinajstić information content (AvgIpc) is 3.10. The molecular formula is C20H24ClFN4O4S. The van der Waals surface area contributed by atoms with E-state index in [9.17, 15) is 17.6 Å². The molecule has 1 aromatic rings. The zero-order valence-corrected chi connectivity index (χ0v) is 18.6. The molecule has 0 saturated carbocycles. The molecule has 168 valence electrons. The molecular weight excluding hydrogens is 447 g/mol. The van der Waals surface area contributed by atoms with Gasteiger partial charge >= 0.3 is 0 Å². The van der Waals surface area contributed by atoms with Gasteiger partial charge in [-0.15, -0.1) is 0 Å². The van der Waals surface area contributed by atoms with Crippen molar-refractivity contribution in [3.05, 3.63) is 41.3 Å². The summed E-state index contributed by atoms with van der Waals surface area (Å²) in [6.07, 6.45) is 8.14. The summed E-state index contributed by atoms with van der Waals surface area (Å²) in [5.41, 5.74) is 0. The molecule has 0 aromatic carbocycles. The van der Waals surface area contributed by atoms with Crippen molar-refractivity contribution in [3.63, 3.8) is 0 Å². The van der Waals surface area contributed by atoms with Gasteiger partial charge in [-0.25, -0.2) is 22.8 Å². The van der Waals surface area contributed by atoms with Crippen molar-refractivity contribution < 1.29 is 22.3 Å². The number of allylic oxidation sites excluding steroid dienone is 2. The smallest absolute Gasteiger partial charge is 0.263 e. The van der Waals surface area contributed by atoms with Gasteiger partial charge < -0.3 is 14.5 Å². The van der Waals surface area contributed by atoms with Crippen LogP contribution in [0, 0.1) is 0 Å². The van der Waals surface area contributed by atoms with Crippen LogP contribution in [-0.4, -0.2) is 72.5 Å². The predicted octanol–water partition coefficient (Wildman–Crippen LogP) is 2.27. The number of piperidine rings is 1. The third kappa shape index (κ3) is 4.85. The summed E-state index contributed by atoms with van der Waals surface area (Å²) in [6.45, 7) is 2.04. The van der Waals surface area contributed by atoms with Crippen LogP contribution in [0.25, 0.3) is 0 Å². The van der Waals surface area contributed by atoms with Crippen LogP contribution in [0.2, 0.25) is 5.15 Å². The first-order valence-corrected chi connectivity index (χ1v) is 12.5. The number of anilines is 1. The number of carbonyl (C=O) groups excluding carboxylic acids is 1. The number of hydrogen-bond donors (Lipinski definition) is 0. The Labute approximate surface area is 185 Å². The summed E-state index contributed by atoms with van der Waals surface area (Å²) in [6, 6.07) is 0.0907. The van der Waals surface area contributed by atoms with Crippen LogP contribution < -0.4 is 4.90 Å². The van der Waals surface area contributed by atoms with Crippen molar-refractivity contribution in [2.24, 2.45) is 0 Å². The predicted molar refractivity (Wildman–Crippen MR) is 114 cm³/mol. The van der Waals surface area contributed by atoms with Crippen LogP contribution in [0.3, 0.4) is 0 Å². The fraction of sp³-hybridized carbons (Fsp3) is 0.550. The molecule has 4 rings (SSSR count). The molecule has 1 amide bonds. The molecule has 31 heavy (non-hydrogen) atoms. The van der Waals surface area contributed by atoms with Crippen LogP contribution in [-0.2, 0) is 19.4 Å². The van der Waals surface area contributed by atoms with E-state index < -0.39 is 27.0 Å². The summed E-state index contributed by atoms with van der Waals surface area (Å²) < 4.78 is 43.2. The van der Waals surface area contributed by atoms with Crippen molar-refractivity contribution in [1.29, 1.82) is 0 Å². The Morgan fingerprint density at radius 2 is 1.90 bits per heavy atom. The third-order valence-electron chi connectivity index (χ3n) is 5.95. The molecule has 0 bridgehead atoms. The highest BCUT2D eigenvalue weighted by molar-refractivity contribution is 7.91. The Kier molecular flexibility index (Phi) is 6.20. The van der Waals surface area contributed by atoms with E-state index in [0.717, 1.165) is 44.1 Å². The lowest BCUT2D eigenvalue weighted by atomic mass is 10.0. The fourth-order valence-electron chi connectivity index (χ4n) is 4.21. The highest BCUT2D eigenvalue weighted by Crippen LogP contribution is 2.30. The first-order chi connectivity index (χ1) is 14.7. The molecule has 1 aliphatic carbocycles. The van der Waals surface area contributed by atoms with Crippen molar-refractivity contribution in [2.45, 2.75) is 43.1 Å². The Bertz CT molecular complexity index is 1010. The van der Waals surface area contributed by atoms with E-state index in [1.807, 2.05) is 4.90 Å². The summed E-state index contributed by atoms with van der Waals surface area (Å²) >= 11 is 5.79. The molecule has 3 aliphatic rings. The molecule has 1 unspecified atom stereocenters. The number of aromatic nitrogens is 2. The number of rotatable bonds is 5. The Morgan fingerprint density at radius 3 is 2.52 bits per heavy atom. The number of nitrogens with zero attached hydrogens (tertiary/aromatic N) is 4. The van der Waals surface area contributed by atoms with Gasteiger partial charge in [-0.05, 0) is 31.4 Å². The largest absolute Gasteiger partial charge is 0.478 e. The number of sulfone groups is 1. The lowest BCUT2D eigenvalue weighted by Gasteiger charge is -2.37. The van der Waals surface area contributed by atoms with E-state index in [-0.39, 0.29) is 24.1 Å². The van der Waals surface area contributed by atoms with Crippen LogP contribution in [0.1, 0.15) is 25.7 Å². The Balaban J connectivity index is 1.32. The van der Waals surface area contributed by atoms with E-state index in [1.165, 1.54) is 12.3 Å². The summed E-state index contributed by atoms with van der Waals surface area (Å²) in [7, 11) is -3.38. The first-order valence-electron chi connectivity index (χ1n) is 10.2. The topological polar surface area (TPSA) is 92.7 Å². The molecule has 11 heteroatoms. The minimum absolute atomic E-state index is 0.0452. The van der Waals surface area contributed by atoms with E-state index in [1.54, 1.807) is 6.20 Å². The van der Waals surface area contributed by atoms with Crippen molar-refractivity contribution in [3.8, 4) is 0 Å². The van der Waals surface area contributed by atoms with Gasteiger partial charge in [0.1, 0.15) is 11.0 Å². The number of halogens is 2. The molecule has 0 N–H and O–H groups in total. The highest BCUT2D eigenvalue weighted by Gasteiger charge is 2.39. The van der Waals surface area contributed by atoms with Crippen LogP contribution in [0.15, 0.2) is 36.1 Å². The summed E-state index contributed by atoms with van der Waals surface area (Å²) in [5, 5.41) is -0.551. The lowest BCUT2D eigenvalue weighted by Crippen LogP contribution is -2.46. The molecule has 2 aliphatic heterocycles. The van der Waals surface area contributed by atoms with Gasteiger partial charge in [0.25, 0.3) is 5.91 Å². The zero-order chi connectivity index (χ0) is 22.2. The fourth-order valence-corrected chi connectivity index (χ4v) is 5.12. The zero-order valence-electron chi connectivity index (χ0n) is 17.1. The lowest BCUT2D eigenvalue weighted by molar-refractivity contribution is -0.137. The monoisotopic (exact) mass is 470 g/mol. The highest BCUT2D eigenvalue weighted by atomic mass is 35.5. The van der Waals surface area contributed by atoms with Crippen molar-refractivity contribution >= 4 is 33.2 Å². The number of ether oxygens (including phenoxy) is 1. The molecule has 1 aromatic heterocycles. The normalized spacial score (nSPS) is 25.5. The maximum atomic E-state index is 14.3. The van der Waals surface area contributed by atoms with Gasteiger partial charge in [-0.2, -0.15) is 0 Å². The molecule has 0 spiro atoms. The maximum absolute atomic E-state index is 14.3. The quantitative estimate of drug-likeness (QED) is 0.651. The van der Waals surface area contributed by atoms with Gasteiger partial charge in [0.05, 0.1) is 17.6 Å². The summed E-state index contributed by atoms with van der Waals surface area (Å²) in [4.78, 5) is 25.2. The minimum Gasteiger partial charge on any atom is -0.478 e. The standard InChI is InChI=1S/C20H24ClFN4O4S/c1-31(28,29)14-2-3-16(15(22)10-14)30-17-6-9-26(20(17)27)13-4-7-25(8-5-13)19-12-23-18(21)11-24-19/h3,10-14,17H,2,4-9H2,1H3/t14?,17-/m0/s1. The third-order valence-corrected chi connectivity index (χ3v) is 7.57. The van der Waals surface area contributed by atoms with Crippen LogP contribution in [0.4, 0.5) is 10.2 Å². The molecule has 2 fully saturated rings. The molecule has 2 saturated heterocycles.